The Kier molecular flexibility index (Phi) is 7.60. The molecular weight excluding hydrogens is 302 g/mol. The highest BCUT2D eigenvalue weighted by molar-refractivity contribution is 5.77. The van der Waals surface area contributed by atoms with Crippen molar-refractivity contribution in [1.29, 1.82) is 0 Å². The van der Waals surface area contributed by atoms with Crippen molar-refractivity contribution < 1.29 is 24.6 Å². The summed E-state index contributed by atoms with van der Waals surface area (Å²) in [7, 11) is 0. The molecular formula is C15H27N3O5. The highest BCUT2D eigenvalue weighted by Gasteiger charge is 2.27. The molecule has 0 aromatic heterocycles. The summed E-state index contributed by atoms with van der Waals surface area (Å²) in [6, 6.07) is -1.29. The fourth-order valence-electron chi connectivity index (χ4n) is 2.69. The third-order valence-electron chi connectivity index (χ3n) is 4.34. The number of aliphatic carboxylic acids is 2. The van der Waals surface area contributed by atoms with Crippen molar-refractivity contribution in [2.45, 2.75) is 32.9 Å². The molecule has 1 aliphatic rings. The molecule has 8 heteroatoms. The fourth-order valence-corrected chi connectivity index (χ4v) is 2.69. The van der Waals surface area contributed by atoms with Gasteiger partial charge >= 0.3 is 11.9 Å². The number of hydrogen-bond donors (Lipinski definition) is 2. The van der Waals surface area contributed by atoms with Crippen LogP contribution in [0, 0.1) is 0 Å². The van der Waals surface area contributed by atoms with Gasteiger partial charge in [-0.3, -0.25) is 29.1 Å². The van der Waals surface area contributed by atoms with E-state index >= 15 is 0 Å². The Balaban J connectivity index is 2.87. The molecule has 23 heavy (non-hydrogen) atoms. The van der Waals surface area contributed by atoms with Gasteiger partial charge in [-0.15, -0.1) is 0 Å². The third kappa shape index (κ3) is 6.25. The average molecular weight is 329 g/mol. The lowest BCUT2D eigenvalue weighted by molar-refractivity contribution is -0.144. The van der Waals surface area contributed by atoms with Gasteiger partial charge in [-0.25, -0.2) is 0 Å². The Bertz CT molecular complexity index is 411. The van der Waals surface area contributed by atoms with E-state index in [9.17, 15) is 24.6 Å². The van der Waals surface area contributed by atoms with Crippen molar-refractivity contribution in [3.8, 4) is 0 Å². The molecule has 0 amide bonds. The molecule has 1 fully saturated rings. The van der Waals surface area contributed by atoms with Crippen molar-refractivity contribution in [1.82, 2.24) is 14.7 Å². The molecule has 2 atom stereocenters. The number of Topliss-reactive ketones (excluding diaryl/α,β-unsaturated/α-hetero) is 1. The first kappa shape index (κ1) is 19.5. The van der Waals surface area contributed by atoms with Crippen molar-refractivity contribution in [2.75, 3.05) is 45.8 Å². The minimum absolute atomic E-state index is 0.0416. The van der Waals surface area contributed by atoms with Gasteiger partial charge in [-0.05, 0) is 20.8 Å². The molecule has 0 aromatic carbocycles. The topological polar surface area (TPSA) is 101 Å². The van der Waals surface area contributed by atoms with Crippen LogP contribution in [0.15, 0.2) is 0 Å². The summed E-state index contributed by atoms with van der Waals surface area (Å²) in [4.78, 5) is 39.5. The van der Waals surface area contributed by atoms with Gasteiger partial charge in [0.2, 0.25) is 0 Å². The number of rotatable bonds is 6. The SMILES string of the molecule is CC(=O)CN1CCN(C(C)C(=O)O)CCN(C(C)C(=O)O)CC1. The Morgan fingerprint density at radius 2 is 1.17 bits per heavy atom. The van der Waals surface area contributed by atoms with Crippen LogP contribution in [-0.4, -0.2) is 101 Å². The van der Waals surface area contributed by atoms with Crippen LogP contribution in [0.3, 0.4) is 0 Å². The minimum Gasteiger partial charge on any atom is -0.480 e. The van der Waals surface area contributed by atoms with Crippen molar-refractivity contribution >= 4 is 17.7 Å². The Labute approximate surface area is 136 Å². The maximum atomic E-state index is 11.4. The molecule has 0 radical (unpaired) electrons. The first-order valence-electron chi connectivity index (χ1n) is 7.88. The van der Waals surface area contributed by atoms with E-state index in [0.29, 0.717) is 45.8 Å². The van der Waals surface area contributed by atoms with Crippen LogP contribution >= 0.6 is 0 Å². The molecule has 1 rings (SSSR count). The van der Waals surface area contributed by atoms with Gasteiger partial charge in [-0.2, -0.15) is 0 Å². The quantitative estimate of drug-likeness (QED) is 0.669. The number of carboxylic acids is 2. The fraction of sp³-hybridized carbons (Fsp3) is 0.800. The van der Waals surface area contributed by atoms with E-state index in [1.807, 2.05) is 14.7 Å². The molecule has 0 saturated carbocycles. The number of ketones is 1. The van der Waals surface area contributed by atoms with Crippen LogP contribution in [0.1, 0.15) is 20.8 Å². The Hall–Kier alpha value is -1.51. The van der Waals surface area contributed by atoms with E-state index in [2.05, 4.69) is 0 Å². The van der Waals surface area contributed by atoms with Crippen molar-refractivity contribution in [3.05, 3.63) is 0 Å². The Morgan fingerprint density at radius 1 is 0.826 bits per heavy atom. The van der Waals surface area contributed by atoms with Gasteiger partial charge in [0.1, 0.15) is 17.9 Å². The van der Waals surface area contributed by atoms with E-state index in [-0.39, 0.29) is 5.78 Å². The lowest BCUT2D eigenvalue weighted by atomic mass is 10.2. The van der Waals surface area contributed by atoms with Gasteiger partial charge in [0.15, 0.2) is 0 Å². The second-order valence-electron chi connectivity index (χ2n) is 6.08. The maximum absolute atomic E-state index is 11.4. The zero-order chi connectivity index (χ0) is 17.6. The summed E-state index contributed by atoms with van der Waals surface area (Å²) >= 11 is 0. The molecule has 0 aliphatic carbocycles. The first-order chi connectivity index (χ1) is 10.7. The van der Waals surface area contributed by atoms with Crippen LogP contribution in [0.4, 0.5) is 0 Å². The molecule has 2 unspecified atom stereocenters. The molecule has 2 N–H and O–H groups in total. The highest BCUT2D eigenvalue weighted by atomic mass is 16.4. The average Bonchev–Trinajstić information content (AvgIpc) is 2.56. The predicted molar refractivity (Wildman–Crippen MR) is 84.5 cm³/mol. The van der Waals surface area contributed by atoms with Crippen molar-refractivity contribution in [3.63, 3.8) is 0 Å². The molecule has 1 heterocycles. The second-order valence-corrected chi connectivity index (χ2v) is 6.08. The summed E-state index contributed by atoms with van der Waals surface area (Å²) < 4.78 is 0. The normalized spacial score (nSPS) is 21.7. The summed E-state index contributed by atoms with van der Waals surface area (Å²) in [6.45, 7) is 8.29. The summed E-state index contributed by atoms with van der Waals surface area (Å²) in [6.07, 6.45) is 0. The molecule has 132 valence electrons. The lowest BCUT2D eigenvalue weighted by Gasteiger charge is -2.29. The number of hydrogen-bond acceptors (Lipinski definition) is 6. The zero-order valence-electron chi connectivity index (χ0n) is 14.1. The summed E-state index contributed by atoms with van der Waals surface area (Å²) in [5.41, 5.74) is 0. The standard InChI is InChI=1S/C15H27N3O5/c1-11(19)10-16-4-6-17(12(2)14(20)21)8-9-18(7-5-16)13(3)15(22)23/h12-13H,4-10H2,1-3H3,(H,20,21)(H,22,23). The number of carbonyl (C=O) groups excluding carboxylic acids is 1. The van der Waals surface area contributed by atoms with Crippen LogP contribution in [-0.2, 0) is 14.4 Å². The Morgan fingerprint density at radius 3 is 1.48 bits per heavy atom. The zero-order valence-corrected chi connectivity index (χ0v) is 14.1. The van der Waals surface area contributed by atoms with Crippen LogP contribution in [0.5, 0.6) is 0 Å². The van der Waals surface area contributed by atoms with Gasteiger partial charge in [-0.1, -0.05) is 0 Å². The molecule has 8 nitrogen and oxygen atoms in total. The van der Waals surface area contributed by atoms with Gasteiger partial charge in [0.05, 0.1) is 6.54 Å². The lowest BCUT2D eigenvalue weighted by Crippen LogP contribution is -2.47. The number of nitrogens with zero attached hydrogens (tertiary/aromatic N) is 3. The van der Waals surface area contributed by atoms with Crippen LogP contribution < -0.4 is 0 Å². The van der Waals surface area contributed by atoms with Crippen LogP contribution in [0.25, 0.3) is 0 Å². The highest BCUT2D eigenvalue weighted by Crippen LogP contribution is 2.08. The first-order valence-corrected chi connectivity index (χ1v) is 7.88. The molecule has 0 spiro atoms. The molecule has 0 bridgehead atoms. The monoisotopic (exact) mass is 329 g/mol. The van der Waals surface area contributed by atoms with Gasteiger partial charge in [0, 0.05) is 39.3 Å². The van der Waals surface area contributed by atoms with Crippen LogP contribution in [0.2, 0.25) is 0 Å². The number of carboxylic acid groups (broad SMARTS) is 2. The van der Waals surface area contributed by atoms with Gasteiger partial charge in [0.25, 0.3) is 0 Å². The molecule has 0 aromatic rings. The van der Waals surface area contributed by atoms with E-state index in [1.165, 1.54) is 6.92 Å². The smallest absolute Gasteiger partial charge is 0.320 e. The van der Waals surface area contributed by atoms with E-state index in [4.69, 9.17) is 0 Å². The number of carbonyl (C=O) groups is 3. The summed E-state index contributed by atoms with van der Waals surface area (Å²) in [5.74, 6) is -1.76. The van der Waals surface area contributed by atoms with Crippen molar-refractivity contribution in [2.24, 2.45) is 0 Å². The summed E-state index contributed by atoms with van der Waals surface area (Å²) in [5, 5.41) is 18.4. The predicted octanol–water partition coefficient (Wildman–Crippen LogP) is -0.559. The molecule has 1 aliphatic heterocycles. The van der Waals surface area contributed by atoms with Gasteiger partial charge < -0.3 is 10.2 Å². The van der Waals surface area contributed by atoms with E-state index in [0.717, 1.165) is 0 Å². The molecule has 1 saturated heterocycles. The second kappa shape index (κ2) is 8.95. The third-order valence-corrected chi connectivity index (χ3v) is 4.34. The minimum atomic E-state index is -0.903. The van der Waals surface area contributed by atoms with E-state index in [1.54, 1.807) is 13.8 Å². The maximum Gasteiger partial charge on any atom is 0.320 e. The largest absolute Gasteiger partial charge is 0.480 e. The van der Waals surface area contributed by atoms with E-state index < -0.39 is 24.0 Å².